The number of sulfonamides is 1. The molecule has 1 N–H and O–H groups in total. The molecule has 10 heteroatoms. The third kappa shape index (κ3) is 8.12. The van der Waals surface area contributed by atoms with Crippen LogP contribution in [-0.4, -0.2) is 50.0 Å². The minimum absolute atomic E-state index is 0.0205. The Labute approximate surface area is 218 Å². The summed E-state index contributed by atoms with van der Waals surface area (Å²) >= 11 is 12.4. The number of carbonyl (C=O) groups is 2. The zero-order chi connectivity index (χ0) is 26.3. The fourth-order valence-corrected chi connectivity index (χ4v) is 4.90. The summed E-state index contributed by atoms with van der Waals surface area (Å²) in [6.45, 7) is 7.05. The van der Waals surface area contributed by atoms with Gasteiger partial charge < -0.3 is 10.2 Å². The first kappa shape index (κ1) is 28.9. The first-order valence-corrected chi connectivity index (χ1v) is 14.1. The van der Waals surface area contributed by atoms with Crippen molar-refractivity contribution in [1.29, 1.82) is 0 Å². The molecule has 0 aromatic heterocycles. The van der Waals surface area contributed by atoms with Gasteiger partial charge in [0.15, 0.2) is 0 Å². The third-order valence-electron chi connectivity index (χ3n) is 5.71. The molecular formula is C25H33Cl2N3O4S. The predicted molar refractivity (Wildman–Crippen MR) is 142 cm³/mol. The van der Waals surface area contributed by atoms with E-state index < -0.39 is 28.5 Å². The van der Waals surface area contributed by atoms with Crippen molar-refractivity contribution in [2.75, 3.05) is 17.1 Å². The summed E-state index contributed by atoms with van der Waals surface area (Å²) in [5.74, 6) is -0.823. The largest absolute Gasteiger partial charge is 0.352 e. The molecule has 2 amide bonds. The summed E-state index contributed by atoms with van der Waals surface area (Å²) in [6.07, 6.45) is 2.12. The van der Waals surface area contributed by atoms with Gasteiger partial charge in [-0.25, -0.2) is 8.42 Å². The number of nitrogens with one attached hydrogen (secondary N) is 1. The van der Waals surface area contributed by atoms with Crippen molar-refractivity contribution < 1.29 is 18.0 Å². The van der Waals surface area contributed by atoms with Gasteiger partial charge >= 0.3 is 0 Å². The normalized spacial score (nSPS) is 13.1. The molecule has 35 heavy (non-hydrogen) atoms. The fourth-order valence-electron chi connectivity index (χ4n) is 3.59. The Hall–Kier alpha value is -2.29. The van der Waals surface area contributed by atoms with E-state index in [1.165, 1.54) is 4.90 Å². The Balaban J connectivity index is 2.48. The maximum absolute atomic E-state index is 13.7. The number of hydrogen-bond acceptors (Lipinski definition) is 4. The van der Waals surface area contributed by atoms with Gasteiger partial charge in [-0.1, -0.05) is 55.2 Å². The molecule has 0 aliphatic rings. The molecule has 0 aliphatic heterocycles. The van der Waals surface area contributed by atoms with Gasteiger partial charge in [-0.2, -0.15) is 0 Å². The lowest BCUT2D eigenvalue weighted by Gasteiger charge is -2.33. The van der Waals surface area contributed by atoms with Crippen LogP contribution in [0.3, 0.4) is 0 Å². The molecule has 0 bridgehead atoms. The van der Waals surface area contributed by atoms with Crippen LogP contribution in [0.5, 0.6) is 0 Å². The van der Waals surface area contributed by atoms with Crippen molar-refractivity contribution in [2.45, 2.75) is 59.2 Å². The standard InChI is InChI=1S/C25H33Cl2N3O4S/c1-6-18(4)28-25(32)23(7-2)29(15-19-11-12-20(26)14-22(19)27)24(31)16-30(35(5,33)34)21-10-8-9-17(3)13-21/h8-14,18,23H,6-7,15-16H2,1-5H3,(H,28,32). The summed E-state index contributed by atoms with van der Waals surface area (Å²) in [4.78, 5) is 28.2. The van der Waals surface area contributed by atoms with E-state index in [0.717, 1.165) is 22.5 Å². The molecule has 2 aromatic carbocycles. The summed E-state index contributed by atoms with van der Waals surface area (Å²) < 4.78 is 26.4. The van der Waals surface area contributed by atoms with Crippen molar-refractivity contribution in [2.24, 2.45) is 0 Å². The van der Waals surface area contributed by atoms with Crippen LogP contribution >= 0.6 is 23.2 Å². The third-order valence-corrected chi connectivity index (χ3v) is 7.44. The van der Waals surface area contributed by atoms with Crippen molar-refractivity contribution >= 4 is 50.7 Å². The molecular weight excluding hydrogens is 509 g/mol. The molecule has 2 aromatic rings. The van der Waals surface area contributed by atoms with Gasteiger partial charge in [0.2, 0.25) is 21.8 Å². The number of nitrogens with zero attached hydrogens (tertiary/aromatic N) is 2. The van der Waals surface area contributed by atoms with E-state index in [0.29, 0.717) is 27.7 Å². The van der Waals surface area contributed by atoms with Crippen LogP contribution in [-0.2, 0) is 26.2 Å². The van der Waals surface area contributed by atoms with Gasteiger partial charge in [-0.05, 0) is 62.1 Å². The van der Waals surface area contributed by atoms with Crippen molar-refractivity contribution in [3.63, 3.8) is 0 Å². The second-order valence-electron chi connectivity index (χ2n) is 8.61. The smallest absolute Gasteiger partial charge is 0.244 e. The van der Waals surface area contributed by atoms with E-state index in [-0.39, 0.29) is 18.5 Å². The zero-order valence-electron chi connectivity index (χ0n) is 20.7. The van der Waals surface area contributed by atoms with Gasteiger partial charge in [0.1, 0.15) is 12.6 Å². The van der Waals surface area contributed by atoms with E-state index in [2.05, 4.69) is 5.32 Å². The molecule has 0 aliphatic carbocycles. The first-order chi connectivity index (χ1) is 16.4. The Morgan fingerprint density at radius 2 is 1.74 bits per heavy atom. The maximum Gasteiger partial charge on any atom is 0.244 e. The van der Waals surface area contributed by atoms with E-state index in [1.807, 2.05) is 26.8 Å². The number of aryl methyl sites for hydroxylation is 1. The summed E-state index contributed by atoms with van der Waals surface area (Å²) in [5.41, 5.74) is 1.83. The molecule has 2 rings (SSSR count). The molecule has 0 radical (unpaired) electrons. The number of hydrogen-bond donors (Lipinski definition) is 1. The number of anilines is 1. The molecule has 192 valence electrons. The summed E-state index contributed by atoms with van der Waals surface area (Å²) in [7, 11) is -3.78. The Morgan fingerprint density at radius 1 is 1.06 bits per heavy atom. The number of benzene rings is 2. The highest BCUT2D eigenvalue weighted by Crippen LogP contribution is 2.25. The van der Waals surface area contributed by atoms with Crippen LogP contribution in [0, 0.1) is 6.92 Å². The summed E-state index contributed by atoms with van der Waals surface area (Å²) in [5, 5.41) is 3.73. The van der Waals surface area contributed by atoms with Crippen LogP contribution in [0.2, 0.25) is 10.0 Å². The second kappa shape index (κ2) is 12.6. The fraction of sp³-hybridized carbons (Fsp3) is 0.440. The summed E-state index contributed by atoms with van der Waals surface area (Å²) in [6, 6.07) is 10.9. The minimum Gasteiger partial charge on any atom is -0.352 e. The highest BCUT2D eigenvalue weighted by molar-refractivity contribution is 7.92. The molecule has 0 saturated heterocycles. The van der Waals surface area contributed by atoms with Crippen LogP contribution in [0.4, 0.5) is 5.69 Å². The molecule has 0 saturated carbocycles. The molecule has 0 spiro atoms. The topological polar surface area (TPSA) is 86.8 Å². The van der Waals surface area contributed by atoms with Crippen LogP contribution in [0.25, 0.3) is 0 Å². The van der Waals surface area contributed by atoms with Crippen LogP contribution in [0.15, 0.2) is 42.5 Å². The van der Waals surface area contributed by atoms with Crippen molar-refractivity contribution in [3.8, 4) is 0 Å². The van der Waals surface area contributed by atoms with E-state index >= 15 is 0 Å². The number of rotatable bonds is 11. The van der Waals surface area contributed by atoms with Gasteiger partial charge in [0, 0.05) is 22.6 Å². The predicted octanol–water partition coefficient (Wildman–Crippen LogP) is 4.79. The monoisotopic (exact) mass is 541 g/mol. The quantitative estimate of drug-likeness (QED) is 0.443. The molecule has 0 fully saturated rings. The minimum atomic E-state index is -3.78. The molecule has 2 unspecified atom stereocenters. The van der Waals surface area contributed by atoms with Gasteiger partial charge in [0.05, 0.1) is 11.9 Å². The van der Waals surface area contributed by atoms with E-state index in [1.54, 1.807) is 43.3 Å². The SMILES string of the molecule is CCC(C)NC(=O)C(CC)N(Cc1ccc(Cl)cc1Cl)C(=O)CN(c1cccc(C)c1)S(C)(=O)=O. The average molecular weight is 543 g/mol. The molecule has 0 heterocycles. The highest BCUT2D eigenvalue weighted by Gasteiger charge is 2.32. The lowest BCUT2D eigenvalue weighted by atomic mass is 10.1. The lowest BCUT2D eigenvalue weighted by molar-refractivity contribution is -0.140. The highest BCUT2D eigenvalue weighted by atomic mass is 35.5. The molecule has 2 atom stereocenters. The van der Waals surface area contributed by atoms with E-state index in [9.17, 15) is 18.0 Å². The van der Waals surface area contributed by atoms with Gasteiger partial charge in [-0.3, -0.25) is 13.9 Å². The van der Waals surface area contributed by atoms with Gasteiger partial charge in [-0.15, -0.1) is 0 Å². The van der Waals surface area contributed by atoms with E-state index in [4.69, 9.17) is 23.2 Å². The number of amides is 2. The Bertz CT molecular complexity index is 1160. The van der Waals surface area contributed by atoms with Crippen LogP contribution in [0.1, 0.15) is 44.7 Å². The zero-order valence-corrected chi connectivity index (χ0v) is 23.0. The molecule has 7 nitrogen and oxygen atoms in total. The van der Waals surface area contributed by atoms with Crippen molar-refractivity contribution in [3.05, 3.63) is 63.6 Å². The second-order valence-corrected chi connectivity index (χ2v) is 11.4. The Morgan fingerprint density at radius 3 is 2.29 bits per heavy atom. The number of carbonyl (C=O) groups excluding carboxylic acids is 2. The first-order valence-electron chi connectivity index (χ1n) is 11.5. The lowest BCUT2D eigenvalue weighted by Crippen LogP contribution is -2.53. The van der Waals surface area contributed by atoms with Gasteiger partial charge in [0.25, 0.3) is 0 Å². The van der Waals surface area contributed by atoms with Crippen molar-refractivity contribution in [1.82, 2.24) is 10.2 Å². The maximum atomic E-state index is 13.7. The average Bonchev–Trinajstić information content (AvgIpc) is 2.77. The van der Waals surface area contributed by atoms with Crippen LogP contribution < -0.4 is 9.62 Å². The number of halogens is 2. The Kier molecular flexibility index (Phi) is 10.4.